The third-order valence-corrected chi connectivity index (χ3v) is 3.71. The monoisotopic (exact) mass is 302 g/mol. The van der Waals surface area contributed by atoms with E-state index in [4.69, 9.17) is 17.3 Å². The van der Waals surface area contributed by atoms with Crippen LogP contribution in [-0.4, -0.2) is 11.9 Å². The molecule has 0 saturated carbocycles. The highest BCUT2D eigenvalue weighted by atomic mass is 35.5. The summed E-state index contributed by atoms with van der Waals surface area (Å²) < 4.78 is 0. The molecular weight excluding hydrogens is 284 g/mol. The minimum atomic E-state index is -0.185. The molecule has 2 rings (SSSR count). The van der Waals surface area contributed by atoms with Crippen LogP contribution in [0.4, 0.5) is 5.69 Å². The molecule has 1 amide bonds. The van der Waals surface area contributed by atoms with Gasteiger partial charge >= 0.3 is 0 Å². The molecule has 0 aromatic heterocycles. The number of halogens is 1. The van der Waals surface area contributed by atoms with Crippen LogP contribution >= 0.6 is 11.6 Å². The molecule has 0 heterocycles. The van der Waals surface area contributed by atoms with E-state index in [-0.39, 0.29) is 11.9 Å². The Kier molecular flexibility index (Phi) is 5.23. The number of para-hydroxylation sites is 1. The van der Waals surface area contributed by atoms with Crippen molar-refractivity contribution >= 4 is 23.2 Å². The van der Waals surface area contributed by atoms with Crippen LogP contribution in [0.1, 0.15) is 29.3 Å². The summed E-state index contributed by atoms with van der Waals surface area (Å²) in [7, 11) is 0. The van der Waals surface area contributed by atoms with Crippen LogP contribution in [0.5, 0.6) is 0 Å². The number of hydrogen-bond acceptors (Lipinski definition) is 2. The quantitative estimate of drug-likeness (QED) is 0.828. The van der Waals surface area contributed by atoms with Gasteiger partial charge in [-0.1, -0.05) is 48.0 Å². The highest BCUT2D eigenvalue weighted by Gasteiger charge is 2.14. The van der Waals surface area contributed by atoms with Gasteiger partial charge in [-0.3, -0.25) is 4.79 Å². The summed E-state index contributed by atoms with van der Waals surface area (Å²) in [4.78, 5) is 12.2. The lowest BCUT2D eigenvalue weighted by molar-refractivity contribution is 0.0939. The maximum absolute atomic E-state index is 12.2. The summed E-state index contributed by atoms with van der Waals surface area (Å²) >= 11 is 5.93. The molecule has 0 radical (unpaired) electrons. The summed E-state index contributed by atoms with van der Waals surface area (Å²) in [6.45, 7) is 1.99. The third kappa shape index (κ3) is 4.23. The first kappa shape index (κ1) is 15.4. The van der Waals surface area contributed by atoms with Crippen LogP contribution < -0.4 is 11.1 Å². The first-order chi connectivity index (χ1) is 10.1. The topological polar surface area (TPSA) is 55.1 Å². The van der Waals surface area contributed by atoms with E-state index in [1.807, 2.05) is 25.1 Å². The molecule has 0 fully saturated rings. The van der Waals surface area contributed by atoms with E-state index in [0.29, 0.717) is 16.3 Å². The molecule has 0 aliphatic rings. The minimum absolute atomic E-state index is 0.0658. The number of benzene rings is 2. The first-order valence-corrected chi connectivity index (χ1v) is 7.34. The molecule has 0 spiro atoms. The predicted molar refractivity (Wildman–Crippen MR) is 87.6 cm³/mol. The van der Waals surface area contributed by atoms with E-state index in [0.717, 1.165) is 12.8 Å². The van der Waals surface area contributed by atoms with Gasteiger partial charge in [0.2, 0.25) is 0 Å². The Balaban J connectivity index is 1.92. The number of aryl methyl sites for hydroxylation is 1. The summed E-state index contributed by atoms with van der Waals surface area (Å²) in [5.41, 5.74) is 7.85. The lowest BCUT2D eigenvalue weighted by atomic mass is 10.1. The summed E-state index contributed by atoms with van der Waals surface area (Å²) in [6.07, 6.45) is 1.80. The van der Waals surface area contributed by atoms with Gasteiger partial charge in [-0.15, -0.1) is 0 Å². The van der Waals surface area contributed by atoms with Gasteiger partial charge in [0.15, 0.2) is 0 Å². The predicted octanol–water partition coefficient (Wildman–Crippen LogP) is 3.67. The molecule has 1 atom stereocenters. The molecule has 0 bridgehead atoms. The standard InChI is InChI=1S/C17H19ClN2O/c1-12(10-11-13-6-3-2-4-7-13)20-17(21)14-8-5-9-15(18)16(14)19/h2-9,12H,10-11,19H2,1H3,(H,20,21). The lowest BCUT2D eigenvalue weighted by Gasteiger charge is -2.15. The Bertz CT molecular complexity index is 613. The van der Waals surface area contributed by atoms with Gasteiger partial charge in [0.25, 0.3) is 5.91 Å². The van der Waals surface area contributed by atoms with Crippen molar-refractivity contribution in [1.29, 1.82) is 0 Å². The second-order valence-corrected chi connectivity index (χ2v) is 5.51. The molecule has 0 saturated heterocycles. The van der Waals surface area contributed by atoms with Crippen LogP contribution in [0, 0.1) is 0 Å². The molecule has 2 aromatic carbocycles. The molecule has 1 unspecified atom stereocenters. The molecular formula is C17H19ClN2O. The number of anilines is 1. The Morgan fingerprint density at radius 3 is 2.62 bits per heavy atom. The van der Waals surface area contributed by atoms with Crippen LogP contribution in [0.2, 0.25) is 5.02 Å². The average Bonchev–Trinajstić information content (AvgIpc) is 2.49. The van der Waals surface area contributed by atoms with Gasteiger partial charge in [-0.05, 0) is 37.5 Å². The van der Waals surface area contributed by atoms with Crippen molar-refractivity contribution in [3.05, 3.63) is 64.7 Å². The summed E-state index contributed by atoms with van der Waals surface area (Å²) in [5.74, 6) is -0.185. The molecule has 3 nitrogen and oxygen atoms in total. The smallest absolute Gasteiger partial charge is 0.253 e. The molecule has 3 N–H and O–H groups in total. The summed E-state index contributed by atoms with van der Waals surface area (Å²) in [5, 5.41) is 3.36. The number of nitrogens with one attached hydrogen (secondary N) is 1. The second kappa shape index (κ2) is 7.14. The highest BCUT2D eigenvalue weighted by Crippen LogP contribution is 2.22. The van der Waals surface area contributed by atoms with Crippen molar-refractivity contribution in [2.24, 2.45) is 0 Å². The number of amides is 1. The molecule has 2 aromatic rings. The fraction of sp³-hybridized carbons (Fsp3) is 0.235. The summed E-state index contributed by atoms with van der Waals surface area (Å²) in [6, 6.07) is 15.4. The number of nitrogens with two attached hydrogens (primary N) is 1. The van der Waals surface area contributed by atoms with Crippen molar-refractivity contribution in [3.63, 3.8) is 0 Å². The van der Waals surface area contributed by atoms with E-state index in [1.54, 1.807) is 18.2 Å². The fourth-order valence-electron chi connectivity index (χ4n) is 2.14. The molecule has 0 aliphatic carbocycles. The zero-order chi connectivity index (χ0) is 15.2. The van der Waals surface area contributed by atoms with Gasteiger partial charge in [0.05, 0.1) is 16.3 Å². The third-order valence-electron chi connectivity index (χ3n) is 3.38. The SMILES string of the molecule is CC(CCc1ccccc1)NC(=O)c1cccc(Cl)c1N. The van der Waals surface area contributed by atoms with Crippen LogP contribution in [0.25, 0.3) is 0 Å². The van der Waals surface area contributed by atoms with Crippen molar-refractivity contribution in [1.82, 2.24) is 5.32 Å². The van der Waals surface area contributed by atoms with Crippen molar-refractivity contribution in [2.45, 2.75) is 25.8 Å². The number of carbonyl (C=O) groups excluding carboxylic acids is 1. The van der Waals surface area contributed by atoms with E-state index >= 15 is 0 Å². The second-order valence-electron chi connectivity index (χ2n) is 5.10. The van der Waals surface area contributed by atoms with Gasteiger partial charge < -0.3 is 11.1 Å². The van der Waals surface area contributed by atoms with Crippen molar-refractivity contribution < 1.29 is 4.79 Å². The van der Waals surface area contributed by atoms with Gasteiger partial charge in [0.1, 0.15) is 0 Å². The van der Waals surface area contributed by atoms with E-state index in [9.17, 15) is 4.79 Å². The first-order valence-electron chi connectivity index (χ1n) is 6.96. The minimum Gasteiger partial charge on any atom is -0.397 e. The number of carbonyl (C=O) groups is 1. The fourth-order valence-corrected chi connectivity index (χ4v) is 2.31. The number of rotatable bonds is 5. The molecule has 0 aliphatic heterocycles. The average molecular weight is 303 g/mol. The maximum atomic E-state index is 12.2. The lowest BCUT2D eigenvalue weighted by Crippen LogP contribution is -2.33. The van der Waals surface area contributed by atoms with E-state index in [1.165, 1.54) is 5.56 Å². The van der Waals surface area contributed by atoms with E-state index in [2.05, 4.69) is 17.4 Å². The maximum Gasteiger partial charge on any atom is 0.253 e. The van der Waals surface area contributed by atoms with Gasteiger partial charge in [-0.2, -0.15) is 0 Å². The van der Waals surface area contributed by atoms with Crippen molar-refractivity contribution in [2.75, 3.05) is 5.73 Å². The number of hydrogen-bond donors (Lipinski definition) is 2. The zero-order valence-electron chi connectivity index (χ0n) is 12.0. The normalized spacial score (nSPS) is 11.9. The Hall–Kier alpha value is -2.00. The van der Waals surface area contributed by atoms with Crippen LogP contribution in [0.3, 0.4) is 0 Å². The Morgan fingerprint density at radius 1 is 1.19 bits per heavy atom. The Morgan fingerprint density at radius 2 is 1.90 bits per heavy atom. The van der Waals surface area contributed by atoms with E-state index < -0.39 is 0 Å². The van der Waals surface area contributed by atoms with Gasteiger partial charge in [-0.25, -0.2) is 0 Å². The highest BCUT2D eigenvalue weighted by molar-refractivity contribution is 6.33. The van der Waals surface area contributed by atoms with Crippen LogP contribution in [0.15, 0.2) is 48.5 Å². The molecule has 4 heteroatoms. The Labute approximate surface area is 130 Å². The molecule has 110 valence electrons. The van der Waals surface area contributed by atoms with Crippen LogP contribution in [-0.2, 0) is 6.42 Å². The van der Waals surface area contributed by atoms with Gasteiger partial charge in [0, 0.05) is 6.04 Å². The zero-order valence-corrected chi connectivity index (χ0v) is 12.7. The molecule has 21 heavy (non-hydrogen) atoms. The van der Waals surface area contributed by atoms with Crippen molar-refractivity contribution in [3.8, 4) is 0 Å². The largest absolute Gasteiger partial charge is 0.397 e. The number of nitrogen functional groups attached to an aromatic ring is 1.